The smallest absolute Gasteiger partial charge is 0.226 e. The molecule has 0 spiro atoms. The summed E-state index contributed by atoms with van der Waals surface area (Å²) in [6.07, 6.45) is 11.2. The fourth-order valence-electron chi connectivity index (χ4n) is 5.53. The molecule has 2 N–H and O–H groups in total. The van der Waals surface area contributed by atoms with Crippen LogP contribution in [-0.4, -0.2) is 16.2 Å². The highest BCUT2D eigenvalue weighted by Gasteiger charge is 2.53. The monoisotopic (exact) mass is 289 g/mol. The van der Waals surface area contributed by atoms with Gasteiger partial charge in [-0.05, 0) is 76.0 Å². The van der Waals surface area contributed by atoms with Gasteiger partial charge in [-0.3, -0.25) is 0 Å². The van der Waals surface area contributed by atoms with Crippen molar-refractivity contribution >= 4 is 0 Å². The molecular weight excluding hydrogens is 262 g/mol. The normalized spacial score (nSPS) is 38.9. The van der Waals surface area contributed by atoms with Gasteiger partial charge in [-0.2, -0.15) is 4.98 Å². The molecule has 0 aliphatic heterocycles. The largest absolute Gasteiger partial charge is 0.339 e. The van der Waals surface area contributed by atoms with Crippen LogP contribution in [0.2, 0.25) is 0 Å². The van der Waals surface area contributed by atoms with E-state index in [-0.39, 0.29) is 11.5 Å². The molecule has 4 aliphatic carbocycles. The SMILES string of the molecule is CC(N)CCCc1nc(C23CC4CC(CC(C4)C2)C3)no1. The summed E-state index contributed by atoms with van der Waals surface area (Å²) in [6.45, 7) is 2.05. The molecule has 116 valence electrons. The minimum Gasteiger partial charge on any atom is -0.339 e. The Morgan fingerprint density at radius 2 is 1.81 bits per heavy atom. The van der Waals surface area contributed by atoms with E-state index in [9.17, 15) is 0 Å². The van der Waals surface area contributed by atoms with Crippen LogP contribution in [0.4, 0.5) is 0 Å². The zero-order chi connectivity index (χ0) is 14.4. The van der Waals surface area contributed by atoms with Crippen molar-refractivity contribution in [3.8, 4) is 0 Å². The number of hydrogen-bond donors (Lipinski definition) is 1. The first-order valence-electron chi connectivity index (χ1n) is 8.71. The Morgan fingerprint density at radius 3 is 2.38 bits per heavy atom. The van der Waals surface area contributed by atoms with Crippen LogP contribution in [0.1, 0.15) is 70.0 Å². The number of hydrogen-bond acceptors (Lipinski definition) is 4. The molecule has 4 fully saturated rings. The highest BCUT2D eigenvalue weighted by Crippen LogP contribution is 2.60. The van der Waals surface area contributed by atoms with E-state index in [0.717, 1.165) is 48.7 Å². The zero-order valence-corrected chi connectivity index (χ0v) is 13.1. The lowest BCUT2D eigenvalue weighted by atomic mass is 9.49. The second-order valence-electron chi connectivity index (χ2n) is 8.08. The Hall–Kier alpha value is -0.900. The third-order valence-corrected chi connectivity index (χ3v) is 6.03. The molecule has 1 aromatic heterocycles. The lowest BCUT2D eigenvalue weighted by molar-refractivity contribution is -0.0103. The second kappa shape index (κ2) is 5.08. The van der Waals surface area contributed by atoms with Crippen LogP contribution < -0.4 is 5.73 Å². The van der Waals surface area contributed by atoms with E-state index < -0.39 is 0 Å². The molecule has 1 aromatic rings. The van der Waals surface area contributed by atoms with Crippen molar-refractivity contribution in [1.29, 1.82) is 0 Å². The summed E-state index contributed by atoms with van der Waals surface area (Å²) in [6, 6.07) is 0.260. The molecule has 4 heteroatoms. The summed E-state index contributed by atoms with van der Waals surface area (Å²) in [7, 11) is 0. The predicted octanol–water partition coefficient (Wildman–Crippen LogP) is 3.21. The first kappa shape index (κ1) is 13.7. The van der Waals surface area contributed by atoms with Gasteiger partial charge >= 0.3 is 0 Å². The van der Waals surface area contributed by atoms with Crippen molar-refractivity contribution < 1.29 is 4.52 Å². The maximum Gasteiger partial charge on any atom is 0.226 e. The van der Waals surface area contributed by atoms with Crippen LogP contribution in [0.15, 0.2) is 4.52 Å². The molecule has 21 heavy (non-hydrogen) atoms. The van der Waals surface area contributed by atoms with Crippen molar-refractivity contribution in [3.63, 3.8) is 0 Å². The summed E-state index contributed by atoms with van der Waals surface area (Å²) >= 11 is 0. The molecular formula is C17H27N3O. The van der Waals surface area contributed by atoms with Crippen LogP contribution in [0.5, 0.6) is 0 Å². The van der Waals surface area contributed by atoms with Crippen molar-refractivity contribution in [2.24, 2.45) is 23.5 Å². The number of aromatic nitrogens is 2. The van der Waals surface area contributed by atoms with Crippen LogP contribution in [0, 0.1) is 17.8 Å². The van der Waals surface area contributed by atoms with Crippen LogP contribution in [0.3, 0.4) is 0 Å². The Labute approximate surface area is 126 Å². The first-order chi connectivity index (χ1) is 10.1. The van der Waals surface area contributed by atoms with Gasteiger partial charge in [-0.15, -0.1) is 0 Å². The van der Waals surface area contributed by atoms with Gasteiger partial charge in [0.25, 0.3) is 0 Å². The summed E-state index contributed by atoms with van der Waals surface area (Å²) in [5.41, 5.74) is 6.06. The molecule has 5 rings (SSSR count). The maximum atomic E-state index is 5.80. The van der Waals surface area contributed by atoms with Gasteiger partial charge in [0, 0.05) is 17.9 Å². The van der Waals surface area contributed by atoms with Gasteiger partial charge in [-0.25, -0.2) is 0 Å². The molecule has 4 bridgehead atoms. The maximum absolute atomic E-state index is 5.80. The number of aryl methyl sites for hydroxylation is 1. The van der Waals surface area contributed by atoms with Gasteiger partial charge in [-0.1, -0.05) is 5.16 Å². The van der Waals surface area contributed by atoms with Crippen molar-refractivity contribution in [1.82, 2.24) is 10.1 Å². The predicted molar refractivity (Wildman–Crippen MR) is 80.7 cm³/mol. The standard InChI is InChI=1S/C17H27N3O/c1-11(18)3-2-4-15-19-16(20-21-15)17-8-12-5-13(9-17)7-14(6-12)10-17/h11-14H,2-10,18H2,1H3. The lowest BCUT2D eigenvalue weighted by Crippen LogP contribution is -2.49. The van der Waals surface area contributed by atoms with Gasteiger partial charge in [0.2, 0.25) is 5.89 Å². The minimum atomic E-state index is 0.260. The van der Waals surface area contributed by atoms with Crippen molar-refractivity contribution in [2.75, 3.05) is 0 Å². The Bertz CT molecular complexity index is 473. The Balaban J connectivity index is 1.48. The van der Waals surface area contributed by atoms with Crippen LogP contribution in [-0.2, 0) is 11.8 Å². The highest BCUT2D eigenvalue weighted by molar-refractivity contribution is 5.16. The van der Waals surface area contributed by atoms with E-state index in [1.54, 1.807) is 0 Å². The van der Waals surface area contributed by atoms with E-state index in [1.165, 1.54) is 38.5 Å². The van der Waals surface area contributed by atoms with Gasteiger partial charge in [0.05, 0.1) is 0 Å². The number of nitrogens with two attached hydrogens (primary N) is 1. The summed E-state index contributed by atoms with van der Waals surface area (Å²) < 4.78 is 5.53. The molecule has 4 aliphatic rings. The fourth-order valence-corrected chi connectivity index (χ4v) is 5.53. The molecule has 4 nitrogen and oxygen atoms in total. The zero-order valence-electron chi connectivity index (χ0n) is 13.1. The Kier molecular flexibility index (Phi) is 3.32. The molecule has 0 amide bonds. The van der Waals surface area contributed by atoms with E-state index in [1.807, 2.05) is 0 Å². The van der Waals surface area contributed by atoms with Gasteiger partial charge < -0.3 is 10.3 Å². The molecule has 0 saturated heterocycles. The third kappa shape index (κ3) is 2.52. The first-order valence-corrected chi connectivity index (χ1v) is 8.71. The van der Waals surface area contributed by atoms with Gasteiger partial charge in [0.15, 0.2) is 5.82 Å². The van der Waals surface area contributed by atoms with E-state index in [2.05, 4.69) is 12.1 Å². The minimum absolute atomic E-state index is 0.260. The van der Waals surface area contributed by atoms with E-state index in [0.29, 0.717) is 0 Å². The highest BCUT2D eigenvalue weighted by atomic mass is 16.5. The fraction of sp³-hybridized carbons (Fsp3) is 0.882. The Morgan fingerprint density at radius 1 is 1.19 bits per heavy atom. The third-order valence-electron chi connectivity index (χ3n) is 6.03. The summed E-state index contributed by atoms with van der Waals surface area (Å²) in [5, 5.41) is 4.39. The molecule has 1 heterocycles. The van der Waals surface area contributed by atoms with Crippen molar-refractivity contribution in [2.45, 2.75) is 76.2 Å². The molecule has 1 unspecified atom stereocenters. The topological polar surface area (TPSA) is 64.9 Å². The number of nitrogens with zero attached hydrogens (tertiary/aromatic N) is 2. The lowest BCUT2D eigenvalue weighted by Gasteiger charge is -2.55. The number of rotatable bonds is 5. The molecule has 4 saturated carbocycles. The van der Waals surface area contributed by atoms with Crippen LogP contribution in [0.25, 0.3) is 0 Å². The quantitative estimate of drug-likeness (QED) is 0.904. The summed E-state index contributed by atoms with van der Waals surface area (Å²) in [5.74, 6) is 4.63. The van der Waals surface area contributed by atoms with Gasteiger partial charge in [0.1, 0.15) is 0 Å². The van der Waals surface area contributed by atoms with Crippen LogP contribution >= 0.6 is 0 Å². The molecule has 1 atom stereocenters. The van der Waals surface area contributed by atoms with E-state index in [4.69, 9.17) is 15.2 Å². The van der Waals surface area contributed by atoms with E-state index >= 15 is 0 Å². The molecule has 0 aromatic carbocycles. The second-order valence-corrected chi connectivity index (χ2v) is 8.08. The average molecular weight is 289 g/mol. The summed E-state index contributed by atoms with van der Waals surface area (Å²) in [4.78, 5) is 4.78. The molecule has 0 radical (unpaired) electrons. The van der Waals surface area contributed by atoms with Crippen molar-refractivity contribution in [3.05, 3.63) is 11.7 Å². The average Bonchev–Trinajstić information content (AvgIpc) is 2.86.